The van der Waals surface area contributed by atoms with Gasteiger partial charge < -0.3 is 0 Å². The molecule has 0 aliphatic heterocycles. The van der Waals surface area contributed by atoms with Gasteiger partial charge >= 0.3 is 74.7 Å². The van der Waals surface area contributed by atoms with Crippen molar-refractivity contribution < 1.29 is 0 Å². The van der Waals surface area contributed by atoms with Crippen LogP contribution in [0.1, 0.15) is 0 Å². The third-order valence-corrected chi connectivity index (χ3v) is 0. The van der Waals surface area contributed by atoms with E-state index in [2.05, 4.69) is 0 Å². The fraction of sp³-hybridized carbons (Fsp3) is 0. The summed E-state index contributed by atoms with van der Waals surface area (Å²) in [5.41, 5.74) is 0. The van der Waals surface area contributed by atoms with Crippen molar-refractivity contribution in [2.45, 2.75) is 0 Å². The fourth-order valence-corrected chi connectivity index (χ4v) is 0. The van der Waals surface area contributed by atoms with Gasteiger partial charge in [-0.25, -0.2) is 0 Å². The van der Waals surface area contributed by atoms with E-state index in [-0.39, 0.29) is 37.4 Å². The van der Waals surface area contributed by atoms with E-state index in [9.17, 15) is 0 Å². The average Bonchev–Trinajstić information content (AvgIpc) is 1.00. The summed E-state index contributed by atoms with van der Waals surface area (Å²) in [6, 6.07) is 0. The second kappa shape index (κ2) is 17.1. The van der Waals surface area contributed by atoms with Crippen LogP contribution in [0.3, 0.4) is 0 Å². The topological polar surface area (TPSA) is 0 Å². The summed E-state index contributed by atoms with van der Waals surface area (Å²) < 4.78 is 0. The Hall–Kier alpha value is 2.79. The van der Waals surface area contributed by atoms with Crippen LogP contribution in [0.5, 0.6) is 0 Å². The summed E-state index contributed by atoms with van der Waals surface area (Å²) >= 11 is 3.28. The summed E-state index contributed by atoms with van der Waals surface area (Å²) in [7, 11) is 0. The predicted molar refractivity (Wildman–Crippen MR) is 37.0 cm³/mol. The van der Waals surface area contributed by atoms with E-state index in [1.54, 1.807) is 0 Å². The fourth-order valence-electron chi connectivity index (χ4n) is 0. The van der Waals surface area contributed by atoms with Crippen LogP contribution in [-0.4, -0.2) is 74.7 Å². The zero-order chi connectivity index (χ0) is 2.00. The molecule has 0 bridgehead atoms. The molecule has 0 atom stereocenters. The van der Waals surface area contributed by atoms with Crippen molar-refractivity contribution in [1.29, 1.82) is 0 Å². The minimum absolute atomic E-state index is 0. The first kappa shape index (κ1) is 15.8. The molecule has 0 aliphatic carbocycles. The van der Waals surface area contributed by atoms with Crippen LogP contribution >= 0.6 is 0 Å². The number of rotatable bonds is 0. The van der Waals surface area contributed by atoms with Crippen LogP contribution in [0.4, 0.5) is 0 Å². The van der Waals surface area contributed by atoms with Crippen LogP contribution in [0, 0.1) is 0 Å². The van der Waals surface area contributed by atoms with E-state index in [1.807, 2.05) is 18.2 Å². The molecule has 0 aromatic heterocycles. The van der Waals surface area contributed by atoms with Gasteiger partial charge in [0.15, 0.2) is 0 Å². The quantitative estimate of drug-likeness (QED) is 0.361. The molecule has 0 aliphatic rings. The molecule has 28 valence electrons. The van der Waals surface area contributed by atoms with Crippen molar-refractivity contribution in [1.82, 2.24) is 0 Å². The molecule has 0 rings (SSSR count). The van der Waals surface area contributed by atoms with E-state index in [1.165, 1.54) is 19.1 Å². The molecule has 0 amide bonds. The monoisotopic (exact) mass is 404 g/mol. The number of hydrogen-bond acceptors (Lipinski definition) is 0. The van der Waals surface area contributed by atoms with Gasteiger partial charge in [0.2, 0.25) is 0 Å². The maximum absolute atomic E-state index is 1.88. The van der Waals surface area contributed by atoms with Crippen molar-refractivity contribution >= 4 is 74.7 Å². The van der Waals surface area contributed by atoms with Gasteiger partial charge in [0, 0.05) is 0 Å². The SMILES string of the molecule is [GaH3].[GeH4].[SbH2][TeH]. The van der Waals surface area contributed by atoms with Gasteiger partial charge in [0.25, 0.3) is 0 Å². The van der Waals surface area contributed by atoms with E-state index >= 15 is 0 Å². The molecule has 0 aromatic carbocycles. The van der Waals surface area contributed by atoms with Gasteiger partial charge in [-0.2, -0.15) is 0 Å². The third-order valence-electron chi connectivity index (χ3n) is 0. The van der Waals surface area contributed by atoms with E-state index in [4.69, 9.17) is 0 Å². The van der Waals surface area contributed by atoms with Crippen molar-refractivity contribution in [2.75, 3.05) is 0 Å². The summed E-state index contributed by atoms with van der Waals surface area (Å²) in [5, 5.41) is 0. The predicted octanol–water partition coefficient (Wildman–Crippen LogP) is -4.20. The zero-order valence-electron chi connectivity index (χ0n) is 1.02. The molecular formula is H10GaGeSbTe. The molecule has 0 aromatic rings. The second-order valence-corrected chi connectivity index (χ2v) is 0. The molecule has 0 N–H and O–H groups in total. The van der Waals surface area contributed by atoms with Gasteiger partial charge in [-0.1, -0.05) is 0 Å². The zero-order valence-corrected chi connectivity index (χ0v) is 6.87. The van der Waals surface area contributed by atoms with E-state index in [0.29, 0.717) is 0 Å². The maximum atomic E-state index is 1.88. The van der Waals surface area contributed by atoms with Crippen molar-refractivity contribution in [3.05, 3.63) is 0 Å². The first-order valence-corrected chi connectivity index (χ1v) is 11.6. The first-order chi connectivity index (χ1) is 1.00. The molecule has 0 unspecified atom stereocenters. The molecule has 0 saturated carbocycles. The van der Waals surface area contributed by atoms with Crippen molar-refractivity contribution in [2.24, 2.45) is 0 Å². The minimum atomic E-state index is 0. The number of hydrogen-bond donors (Lipinski definition) is 0. The van der Waals surface area contributed by atoms with Gasteiger partial charge in [0.05, 0.1) is 0 Å². The Morgan fingerprint density at radius 3 is 1.25 bits per heavy atom. The summed E-state index contributed by atoms with van der Waals surface area (Å²) in [6.45, 7) is 0. The van der Waals surface area contributed by atoms with Gasteiger partial charge in [-0.3, -0.25) is 0 Å². The Morgan fingerprint density at radius 1 is 1.25 bits per heavy atom. The molecule has 0 spiro atoms. The molecule has 0 nitrogen and oxygen atoms in total. The molecular weight excluding hydrogens is 392 g/mol. The van der Waals surface area contributed by atoms with E-state index < -0.39 is 0 Å². The van der Waals surface area contributed by atoms with Gasteiger partial charge in [-0.05, 0) is 0 Å². The summed E-state index contributed by atoms with van der Waals surface area (Å²) in [6.07, 6.45) is 0. The molecule has 4 heteroatoms. The van der Waals surface area contributed by atoms with Crippen LogP contribution in [0.25, 0.3) is 0 Å². The van der Waals surface area contributed by atoms with Crippen LogP contribution < -0.4 is 0 Å². The molecule has 4 heavy (non-hydrogen) atoms. The Labute approximate surface area is 73.3 Å². The summed E-state index contributed by atoms with van der Waals surface area (Å²) in [4.78, 5) is 0. The normalized spacial score (nSPS) is 1.50. The Bertz CT molecular complexity index is 8.00. The average molecular weight is 402 g/mol. The molecule has 0 fully saturated rings. The molecule has 0 radical (unpaired) electrons. The van der Waals surface area contributed by atoms with E-state index in [0.717, 1.165) is 0 Å². The van der Waals surface area contributed by atoms with Crippen molar-refractivity contribution in [3.8, 4) is 0 Å². The Morgan fingerprint density at radius 2 is 1.25 bits per heavy atom. The standard InChI is InChI=1S/Ga.GeH4.Sb.H2Te.5H/h;1H4;;1H2;;;;;/q;;+1;;;;;;/p-1. The van der Waals surface area contributed by atoms with Gasteiger partial charge in [-0.15, -0.1) is 0 Å². The van der Waals surface area contributed by atoms with Crippen LogP contribution in [0.2, 0.25) is 0 Å². The van der Waals surface area contributed by atoms with Crippen molar-refractivity contribution in [3.63, 3.8) is 0 Å². The van der Waals surface area contributed by atoms with Crippen LogP contribution in [0.15, 0.2) is 0 Å². The molecule has 0 saturated heterocycles. The molecule has 0 heterocycles. The van der Waals surface area contributed by atoms with Crippen LogP contribution in [-0.2, 0) is 0 Å². The Kier molecular flexibility index (Phi) is 67.6. The Balaban J connectivity index is -0.00000000500. The second-order valence-electron chi connectivity index (χ2n) is 0. The first-order valence-electron chi connectivity index (χ1n) is 0.258. The van der Waals surface area contributed by atoms with Gasteiger partial charge in [0.1, 0.15) is 0 Å². The third kappa shape index (κ3) is 8.84. The summed E-state index contributed by atoms with van der Waals surface area (Å²) in [5.74, 6) is 0.